The summed E-state index contributed by atoms with van der Waals surface area (Å²) in [7, 11) is 0. The summed E-state index contributed by atoms with van der Waals surface area (Å²) in [5.74, 6) is -1.77. The van der Waals surface area contributed by atoms with Gasteiger partial charge in [0.2, 0.25) is 5.91 Å². The molecule has 1 amide bonds. The SMILES string of the molecule is CC(CCCN)NC(=O)Cc1c(F)cccc1F. The van der Waals surface area contributed by atoms with E-state index in [1.54, 1.807) is 0 Å². The van der Waals surface area contributed by atoms with Gasteiger partial charge in [0, 0.05) is 11.6 Å². The molecular formula is C13H18F2N2O. The van der Waals surface area contributed by atoms with Crippen LogP contribution in [0.2, 0.25) is 0 Å². The van der Waals surface area contributed by atoms with Gasteiger partial charge in [0.15, 0.2) is 0 Å². The van der Waals surface area contributed by atoms with Crippen LogP contribution in [0.25, 0.3) is 0 Å². The van der Waals surface area contributed by atoms with E-state index in [2.05, 4.69) is 5.32 Å². The smallest absolute Gasteiger partial charge is 0.224 e. The van der Waals surface area contributed by atoms with E-state index in [9.17, 15) is 13.6 Å². The first kappa shape index (κ1) is 14.6. The zero-order chi connectivity index (χ0) is 13.5. The van der Waals surface area contributed by atoms with Crippen LogP contribution in [0.1, 0.15) is 25.3 Å². The Morgan fingerprint density at radius 2 is 2.00 bits per heavy atom. The summed E-state index contributed by atoms with van der Waals surface area (Å²) in [6.45, 7) is 2.40. The Hall–Kier alpha value is -1.49. The quantitative estimate of drug-likeness (QED) is 0.814. The number of carbonyl (C=O) groups excluding carboxylic acids is 1. The first-order chi connectivity index (χ1) is 8.54. The van der Waals surface area contributed by atoms with E-state index >= 15 is 0 Å². The second kappa shape index (κ2) is 7.06. The minimum Gasteiger partial charge on any atom is -0.353 e. The maximum atomic E-state index is 13.3. The van der Waals surface area contributed by atoms with Crippen molar-refractivity contribution in [2.24, 2.45) is 5.73 Å². The fraction of sp³-hybridized carbons (Fsp3) is 0.462. The van der Waals surface area contributed by atoms with Gasteiger partial charge in [0.1, 0.15) is 11.6 Å². The minimum atomic E-state index is -0.695. The fourth-order valence-corrected chi connectivity index (χ4v) is 1.68. The van der Waals surface area contributed by atoms with Crippen molar-refractivity contribution in [1.82, 2.24) is 5.32 Å². The number of carbonyl (C=O) groups is 1. The maximum absolute atomic E-state index is 13.3. The molecule has 3 N–H and O–H groups in total. The molecule has 0 aromatic heterocycles. The summed E-state index contributed by atoms with van der Waals surface area (Å²) in [4.78, 5) is 11.6. The number of hydrogen-bond donors (Lipinski definition) is 2. The van der Waals surface area contributed by atoms with Crippen molar-refractivity contribution in [2.45, 2.75) is 32.2 Å². The summed E-state index contributed by atoms with van der Waals surface area (Å²) in [6, 6.07) is 3.51. The lowest BCUT2D eigenvalue weighted by Crippen LogP contribution is -2.34. The Bertz CT molecular complexity index is 390. The highest BCUT2D eigenvalue weighted by Gasteiger charge is 2.14. The molecule has 1 aromatic carbocycles. The van der Waals surface area contributed by atoms with Gasteiger partial charge in [0.05, 0.1) is 6.42 Å². The van der Waals surface area contributed by atoms with Crippen LogP contribution in [-0.4, -0.2) is 18.5 Å². The zero-order valence-electron chi connectivity index (χ0n) is 10.4. The molecule has 1 rings (SSSR count). The molecule has 1 atom stereocenters. The summed E-state index contributed by atoms with van der Waals surface area (Å²) < 4.78 is 26.6. The third-order valence-electron chi connectivity index (χ3n) is 2.65. The van der Waals surface area contributed by atoms with Gasteiger partial charge in [-0.2, -0.15) is 0 Å². The molecule has 0 aliphatic rings. The van der Waals surface area contributed by atoms with Crippen LogP contribution < -0.4 is 11.1 Å². The molecular weight excluding hydrogens is 238 g/mol. The van der Waals surface area contributed by atoms with Crippen molar-refractivity contribution in [1.29, 1.82) is 0 Å². The minimum absolute atomic E-state index is 0.0455. The molecule has 100 valence electrons. The molecule has 1 aromatic rings. The summed E-state index contributed by atoms with van der Waals surface area (Å²) in [6.07, 6.45) is 1.27. The Labute approximate surface area is 105 Å². The normalized spacial score (nSPS) is 12.2. The molecule has 0 heterocycles. The molecule has 0 saturated heterocycles. The number of halogens is 2. The molecule has 0 aliphatic carbocycles. The second-order valence-corrected chi connectivity index (χ2v) is 4.28. The lowest BCUT2D eigenvalue weighted by atomic mass is 10.1. The molecule has 0 spiro atoms. The van der Waals surface area contributed by atoms with E-state index in [-0.39, 0.29) is 23.9 Å². The van der Waals surface area contributed by atoms with Gasteiger partial charge in [-0.1, -0.05) is 6.07 Å². The van der Waals surface area contributed by atoms with E-state index < -0.39 is 11.6 Å². The summed E-state index contributed by atoms with van der Waals surface area (Å²) in [5, 5.41) is 2.69. The van der Waals surface area contributed by atoms with Crippen LogP contribution in [0, 0.1) is 11.6 Å². The van der Waals surface area contributed by atoms with Gasteiger partial charge in [-0.05, 0) is 38.4 Å². The van der Waals surface area contributed by atoms with E-state index in [4.69, 9.17) is 5.73 Å². The van der Waals surface area contributed by atoms with Gasteiger partial charge in [0.25, 0.3) is 0 Å². The highest BCUT2D eigenvalue weighted by molar-refractivity contribution is 5.78. The predicted octanol–water partition coefficient (Wildman–Crippen LogP) is 1.75. The molecule has 18 heavy (non-hydrogen) atoms. The van der Waals surface area contributed by atoms with Crippen LogP contribution in [0.5, 0.6) is 0 Å². The molecule has 0 fully saturated rings. The average Bonchev–Trinajstić information content (AvgIpc) is 2.31. The van der Waals surface area contributed by atoms with Gasteiger partial charge in [-0.15, -0.1) is 0 Å². The first-order valence-corrected chi connectivity index (χ1v) is 5.97. The highest BCUT2D eigenvalue weighted by Crippen LogP contribution is 2.12. The van der Waals surface area contributed by atoms with Crippen molar-refractivity contribution in [2.75, 3.05) is 6.54 Å². The Kier molecular flexibility index (Phi) is 5.71. The molecule has 0 saturated carbocycles. The molecule has 3 nitrogen and oxygen atoms in total. The number of nitrogens with one attached hydrogen (secondary N) is 1. The molecule has 5 heteroatoms. The number of hydrogen-bond acceptors (Lipinski definition) is 2. The zero-order valence-corrected chi connectivity index (χ0v) is 10.4. The summed E-state index contributed by atoms with van der Waals surface area (Å²) in [5.41, 5.74) is 5.17. The third-order valence-corrected chi connectivity index (χ3v) is 2.65. The Morgan fingerprint density at radius 1 is 1.39 bits per heavy atom. The predicted molar refractivity (Wildman–Crippen MR) is 66.0 cm³/mol. The van der Waals surface area contributed by atoms with Crippen molar-refractivity contribution in [3.05, 3.63) is 35.4 Å². The van der Waals surface area contributed by atoms with E-state index in [1.165, 1.54) is 6.07 Å². The standard InChI is InChI=1S/C13H18F2N2O/c1-9(4-3-7-16)17-13(18)8-10-11(14)5-2-6-12(10)15/h2,5-6,9H,3-4,7-8,16H2,1H3,(H,17,18). The van der Waals surface area contributed by atoms with Crippen LogP contribution in [0.15, 0.2) is 18.2 Å². The van der Waals surface area contributed by atoms with Crippen molar-refractivity contribution in [3.8, 4) is 0 Å². The molecule has 0 radical (unpaired) electrons. The van der Waals surface area contributed by atoms with Crippen LogP contribution in [0.4, 0.5) is 8.78 Å². The third kappa shape index (κ3) is 4.41. The van der Waals surface area contributed by atoms with Crippen LogP contribution in [-0.2, 0) is 11.2 Å². The van der Waals surface area contributed by atoms with Crippen LogP contribution in [0.3, 0.4) is 0 Å². The number of benzene rings is 1. The lowest BCUT2D eigenvalue weighted by Gasteiger charge is -2.13. The lowest BCUT2D eigenvalue weighted by molar-refractivity contribution is -0.121. The number of amides is 1. The van der Waals surface area contributed by atoms with Gasteiger partial charge in [-0.25, -0.2) is 8.78 Å². The van der Waals surface area contributed by atoms with Crippen LogP contribution >= 0.6 is 0 Å². The number of rotatable bonds is 6. The van der Waals surface area contributed by atoms with Crippen molar-refractivity contribution in [3.63, 3.8) is 0 Å². The monoisotopic (exact) mass is 256 g/mol. The van der Waals surface area contributed by atoms with Gasteiger partial charge in [-0.3, -0.25) is 4.79 Å². The van der Waals surface area contributed by atoms with E-state index in [1.807, 2.05) is 6.92 Å². The molecule has 0 bridgehead atoms. The van der Waals surface area contributed by atoms with Crippen molar-refractivity contribution < 1.29 is 13.6 Å². The second-order valence-electron chi connectivity index (χ2n) is 4.28. The highest BCUT2D eigenvalue weighted by atomic mass is 19.1. The average molecular weight is 256 g/mol. The summed E-state index contributed by atoms with van der Waals surface area (Å²) >= 11 is 0. The Morgan fingerprint density at radius 3 is 2.56 bits per heavy atom. The Balaban J connectivity index is 2.54. The fourth-order valence-electron chi connectivity index (χ4n) is 1.68. The van der Waals surface area contributed by atoms with E-state index in [0.717, 1.165) is 25.0 Å². The topological polar surface area (TPSA) is 55.1 Å². The van der Waals surface area contributed by atoms with Gasteiger partial charge < -0.3 is 11.1 Å². The molecule has 0 aliphatic heterocycles. The first-order valence-electron chi connectivity index (χ1n) is 5.97. The maximum Gasteiger partial charge on any atom is 0.224 e. The van der Waals surface area contributed by atoms with E-state index in [0.29, 0.717) is 6.54 Å². The van der Waals surface area contributed by atoms with Crippen molar-refractivity contribution >= 4 is 5.91 Å². The largest absolute Gasteiger partial charge is 0.353 e. The number of nitrogens with two attached hydrogens (primary N) is 1. The molecule has 1 unspecified atom stereocenters. The van der Waals surface area contributed by atoms with Gasteiger partial charge >= 0.3 is 0 Å².